The van der Waals surface area contributed by atoms with E-state index in [2.05, 4.69) is 0 Å². The second-order valence-electron chi connectivity index (χ2n) is 3.99. The summed E-state index contributed by atoms with van der Waals surface area (Å²) in [6, 6.07) is 19.0. The third kappa shape index (κ3) is 7.95. The van der Waals surface area contributed by atoms with Gasteiger partial charge in [-0.2, -0.15) is 0 Å². The molecule has 0 atom stereocenters. The van der Waals surface area contributed by atoms with E-state index in [1.807, 2.05) is 60.7 Å². The van der Waals surface area contributed by atoms with Gasteiger partial charge in [-0.3, -0.25) is 4.79 Å². The van der Waals surface area contributed by atoms with Crippen molar-refractivity contribution in [3.8, 4) is 0 Å². The Balaban J connectivity index is 0.000000211. The predicted octanol–water partition coefficient (Wildman–Crippen LogP) is 3.68. The van der Waals surface area contributed by atoms with Crippen LogP contribution in [0.5, 0.6) is 0 Å². The van der Waals surface area contributed by atoms with Crippen molar-refractivity contribution in [3.05, 3.63) is 83.9 Å². The fourth-order valence-electron chi connectivity index (χ4n) is 1.45. The molecule has 0 unspecified atom stereocenters. The SMILES string of the molecule is O=C(O)/C=C/c1ccccc1.O=C/C=C/c1ccccc1. The van der Waals surface area contributed by atoms with Crippen molar-refractivity contribution < 1.29 is 14.7 Å². The minimum Gasteiger partial charge on any atom is -0.478 e. The number of rotatable bonds is 4. The number of aldehydes is 1. The van der Waals surface area contributed by atoms with Gasteiger partial charge in [0.15, 0.2) is 0 Å². The Hall–Kier alpha value is -2.94. The summed E-state index contributed by atoms with van der Waals surface area (Å²) in [5, 5.41) is 8.29. The molecule has 2 aromatic carbocycles. The first-order chi connectivity index (χ1) is 10.2. The molecule has 2 rings (SSSR count). The van der Waals surface area contributed by atoms with Gasteiger partial charge in [-0.25, -0.2) is 4.79 Å². The lowest BCUT2D eigenvalue weighted by molar-refractivity contribution is -0.131. The topological polar surface area (TPSA) is 54.4 Å². The smallest absolute Gasteiger partial charge is 0.328 e. The molecule has 0 saturated heterocycles. The van der Waals surface area contributed by atoms with E-state index >= 15 is 0 Å². The molecule has 0 aliphatic rings. The Kier molecular flexibility index (Phi) is 7.61. The van der Waals surface area contributed by atoms with Crippen LogP contribution >= 0.6 is 0 Å². The molecule has 106 valence electrons. The monoisotopic (exact) mass is 280 g/mol. The van der Waals surface area contributed by atoms with E-state index in [9.17, 15) is 9.59 Å². The van der Waals surface area contributed by atoms with Crippen LogP contribution in [0.3, 0.4) is 0 Å². The van der Waals surface area contributed by atoms with Crippen LogP contribution < -0.4 is 0 Å². The summed E-state index contributed by atoms with van der Waals surface area (Å²) in [6.45, 7) is 0. The second-order valence-corrected chi connectivity index (χ2v) is 3.99. The highest BCUT2D eigenvalue weighted by atomic mass is 16.4. The van der Waals surface area contributed by atoms with Crippen LogP contribution in [0.25, 0.3) is 12.2 Å². The number of aliphatic carboxylic acids is 1. The Bertz CT molecular complexity index is 599. The highest BCUT2D eigenvalue weighted by Crippen LogP contribution is 2.00. The molecule has 0 aliphatic carbocycles. The van der Waals surface area contributed by atoms with Gasteiger partial charge < -0.3 is 5.11 Å². The largest absolute Gasteiger partial charge is 0.478 e. The molecule has 3 heteroatoms. The van der Waals surface area contributed by atoms with Gasteiger partial charge in [0.05, 0.1) is 0 Å². The van der Waals surface area contributed by atoms with Crippen LogP contribution in [0.15, 0.2) is 72.8 Å². The molecule has 0 aliphatic heterocycles. The number of hydrogen-bond acceptors (Lipinski definition) is 2. The first-order valence-corrected chi connectivity index (χ1v) is 6.35. The fourth-order valence-corrected chi connectivity index (χ4v) is 1.45. The molecule has 0 saturated carbocycles. The summed E-state index contributed by atoms with van der Waals surface area (Å²) in [5.41, 5.74) is 1.95. The summed E-state index contributed by atoms with van der Waals surface area (Å²) in [4.78, 5) is 20.0. The van der Waals surface area contributed by atoms with Gasteiger partial charge in [-0.15, -0.1) is 0 Å². The molecule has 0 amide bonds. The van der Waals surface area contributed by atoms with Crippen molar-refractivity contribution in [3.63, 3.8) is 0 Å². The average molecular weight is 280 g/mol. The summed E-state index contributed by atoms with van der Waals surface area (Å²) in [7, 11) is 0. The van der Waals surface area contributed by atoms with Crippen LogP contribution in [-0.4, -0.2) is 17.4 Å². The van der Waals surface area contributed by atoms with E-state index in [1.165, 1.54) is 6.08 Å². The third-order valence-electron chi connectivity index (χ3n) is 2.38. The van der Waals surface area contributed by atoms with Gasteiger partial charge in [0, 0.05) is 6.08 Å². The molecular weight excluding hydrogens is 264 g/mol. The third-order valence-corrected chi connectivity index (χ3v) is 2.38. The molecule has 0 aromatic heterocycles. The molecular formula is C18H16O3. The van der Waals surface area contributed by atoms with Gasteiger partial charge in [0.2, 0.25) is 0 Å². The van der Waals surface area contributed by atoms with Gasteiger partial charge in [-0.1, -0.05) is 66.7 Å². The minimum absolute atomic E-state index is 0.771. The second kappa shape index (κ2) is 9.92. The zero-order valence-electron chi connectivity index (χ0n) is 11.4. The number of allylic oxidation sites excluding steroid dienone is 1. The molecule has 21 heavy (non-hydrogen) atoms. The lowest BCUT2D eigenvalue weighted by atomic mass is 10.2. The maximum Gasteiger partial charge on any atom is 0.328 e. The Morgan fingerprint density at radius 1 is 0.810 bits per heavy atom. The van der Waals surface area contributed by atoms with Gasteiger partial charge >= 0.3 is 5.97 Å². The molecule has 0 radical (unpaired) electrons. The first-order valence-electron chi connectivity index (χ1n) is 6.35. The van der Waals surface area contributed by atoms with Crippen molar-refractivity contribution in [1.82, 2.24) is 0 Å². The molecule has 0 fully saturated rings. The molecule has 1 N–H and O–H groups in total. The molecule has 0 bridgehead atoms. The van der Waals surface area contributed by atoms with Crippen LogP contribution in [0, 0.1) is 0 Å². The summed E-state index contributed by atoms with van der Waals surface area (Å²) < 4.78 is 0. The number of benzene rings is 2. The van der Waals surface area contributed by atoms with Gasteiger partial charge in [-0.05, 0) is 23.3 Å². The van der Waals surface area contributed by atoms with Crippen LogP contribution in [0.1, 0.15) is 11.1 Å². The highest BCUT2D eigenvalue weighted by Gasteiger charge is 1.86. The number of carboxylic acids is 1. The van der Waals surface area contributed by atoms with Crippen molar-refractivity contribution in [2.24, 2.45) is 0 Å². The van der Waals surface area contributed by atoms with E-state index in [0.717, 1.165) is 23.5 Å². The number of hydrogen-bond donors (Lipinski definition) is 1. The van der Waals surface area contributed by atoms with Gasteiger partial charge in [0.1, 0.15) is 6.29 Å². The maximum absolute atomic E-state index is 10.1. The van der Waals surface area contributed by atoms with Crippen molar-refractivity contribution in [2.75, 3.05) is 0 Å². The number of carboxylic acid groups (broad SMARTS) is 1. The summed E-state index contributed by atoms with van der Waals surface area (Å²) in [5.74, 6) is -0.922. The van der Waals surface area contributed by atoms with Crippen molar-refractivity contribution in [1.29, 1.82) is 0 Å². The van der Waals surface area contributed by atoms with E-state index in [1.54, 1.807) is 12.2 Å². The van der Waals surface area contributed by atoms with E-state index < -0.39 is 5.97 Å². The van der Waals surface area contributed by atoms with Gasteiger partial charge in [0.25, 0.3) is 0 Å². The first kappa shape index (κ1) is 16.1. The van der Waals surface area contributed by atoms with Crippen LogP contribution in [-0.2, 0) is 9.59 Å². The summed E-state index contributed by atoms with van der Waals surface area (Å²) >= 11 is 0. The van der Waals surface area contributed by atoms with Crippen LogP contribution in [0.2, 0.25) is 0 Å². The lowest BCUT2D eigenvalue weighted by Crippen LogP contribution is -1.85. The Morgan fingerprint density at radius 3 is 1.71 bits per heavy atom. The van der Waals surface area contributed by atoms with E-state index in [4.69, 9.17) is 5.11 Å². The molecule has 0 spiro atoms. The zero-order chi connectivity index (χ0) is 15.3. The predicted molar refractivity (Wildman–Crippen MR) is 84.7 cm³/mol. The molecule has 0 heterocycles. The lowest BCUT2D eigenvalue weighted by Gasteiger charge is -1.87. The van der Waals surface area contributed by atoms with Crippen LogP contribution in [0.4, 0.5) is 0 Å². The molecule has 3 nitrogen and oxygen atoms in total. The zero-order valence-corrected chi connectivity index (χ0v) is 11.4. The number of carbonyl (C=O) groups excluding carboxylic acids is 1. The van der Waals surface area contributed by atoms with Crippen molar-refractivity contribution in [2.45, 2.75) is 0 Å². The Labute approximate surface area is 123 Å². The number of carbonyl (C=O) groups is 2. The quantitative estimate of drug-likeness (QED) is 0.686. The fraction of sp³-hybridized carbons (Fsp3) is 0. The summed E-state index contributed by atoms with van der Waals surface area (Å²) in [6.07, 6.45) is 6.70. The minimum atomic E-state index is -0.922. The maximum atomic E-state index is 10.1. The average Bonchev–Trinajstić information content (AvgIpc) is 2.53. The van der Waals surface area contributed by atoms with E-state index in [-0.39, 0.29) is 0 Å². The normalized spacial score (nSPS) is 10.1. The van der Waals surface area contributed by atoms with Crippen molar-refractivity contribution >= 4 is 24.4 Å². The van der Waals surface area contributed by atoms with E-state index in [0.29, 0.717) is 0 Å². The highest BCUT2D eigenvalue weighted by molar-refractivity contribution is 5.85. The Morgan fingerprint density at radius 2 is 1.29 bits per heavy atom. The molecule has 2 aromatic rings. The standard InChI is InChI=1S/C9H8O2.C9H8O/c10-9(11)7-6-8-4-2-1-3-5-8;10-8-4-7-9-5-2-1-3-6-9/h1-7H,(H,10,11);1-8H/b7-6+;7-4+.